The van der Waals surface area contributed by atoms with Crippen molar-refractivity contribution in [3.05, 3.63) is 0 Å². The highest BCUT2D eigenvalue weighted by Crippen LogP contribution is 2.62. The van der Waals surface area contributed by atoms with Crippen molar-refractivity contribution in [2.45, 2.75) is 34.9 Å². The van der Waals surface area contributed by atoms with Crippen LogP contribution in [0.2, 0.25) is 0 Å². The first kappa shape index (κ1) is 17.7. The molecule has 0 aliphatic carbocycles. The molecule has 0 amide bonds. The Hall–Kier alpha value is -0.370. The zero-order valence-corrected chi connectivity index (χ0v) is 9.94. The van der Waals surface area contributed by atoms with Gasteiger partial charge in [-0.15, -0.1) is 0 Å². The van der Waals surface area contributed by atoms with Crippen LogP contribution in [0.1, 0.15) is 0 Å². The lowest BCUT2D eigenvalue weighted by Gasteiger charge is -2.48. The molecule has 120 valence electrons. The Morgan fingerprint density at radius 1 is 0.700 bits per heavy atom. The highest BCUT2D eigenvalue weighted by atomic mass is 79.9. The fraction of sp³-hybridized carbons (Fsp3) is 1.00. The molecule has 1 rings (SSSR count). The summed E-state index contributed by atoms with van der Waals surface area (Å²) in [5.41, 5.74) is 0. The lowest BCUT2D eigenvalue weighted by atomic mass is 10.2. The lowest BCUT2D eigenvalue weighted by molar-refractivity contribution is -0.607. The van der Waals surface area contributed by atoms with Crippen LogP contribution in [0.4, 0.5) is 48.3 Å². The summed E-state index contributed by atoms with van der Waals surface area (Å²) in [6, 6.07) is 0. The van der Waals surface area contributed by atoms with Gasteiger partial charge < -0.3 is 0 Å². The molecule has 14 heteroatoms. The van der Waals surface area contributed by atoms with Gasteiger partial charge in [0.2, 0.25) is 0 Å². The standard InChI is InChI=1S/C6BrF11O2/c7-3(10,11)2(4(12,13)14)19-5(15,16)1(8,9)6(17,18)20-2. The molecule has 0 radical (unpaired) electrons. The molecule has 0 aromatic carbocycles. The number of ether oxygens (including phenoxy) is 2. The van der Waals surface area contributed by atoms with E-state index in [1.807, 2.05) is 0 Å². The van der Waals surface area contributed by atoms with E-state index in [-0.39, 0.29) is 0 Å². The van der Waals surface area contributed by atoms with Gasteiger partial charge in [0.1, 0.15) is 0 Å². The van der Waals surface area contributed by atoms with Crippen LogP contribution in [0.15, 0.2) is 0 Å². The Morgan fingerprint density at radius 2 is 1.00 bits per heavy atom. The monoisotopic (exact) mass is 392 g/mol. The lowest BCUT2D eigenvalue weighted by Crippen LogP contribution is -2.75. The van der Waals surface area contributed by atoms with E-state index in [1.165, 1.54) is 0 Å². The van der Waals surface area contributed by atoms with Crippen LogP contribution in [0.5, 0.6) is 0 Å². The predicted molar refractivity (Wildman–Crippen MR) is 39.7 cm³/mol. The highest BCUT2D eigenvalue weighted by Gasteiger charge is 2.89. The molecule has 0 N–H and O–H groups in total. The van der Waals surface area contributed by atoms with Crippen LogP contribution in [0, 0.1) is 0 Å². The van der Waals surface area contributed by atoms with Gasteiger partial charge in [-0.25, -0.2) is 0 Å². The molecule has 2 nitrogen and oxygen atoms in total. The zero-order valence-electron chi connectivity index (χ0n) is 8.35. The molecule has 0 spiro atoms. The average Bonchev–Trinajstić information content (AvgIpc) is 2.09. The third-order valence-corrected chi connectivity index (χ3v) is 2.54. The Balaban J connectivity index is 3.55. The second kappa shape index (κ2) is 4.09. The SMILES string of the molecule is FC(F)(F)C1(C(F)(F)Br)OC(F)(F)C(F)(F)C(F)(F)O1. The summed E-state index contributed by atoms with van der Waals surface area (Å²) >= 11 is 0.859. The zero-order chi connectivity index (χ0) is 16.4. The van der Waals surface area contributed by atoms with E-state index in [2.05, 4.69) is 9.47 Å². The fourth-order valence-electron chi connectivity index (χ4n) is 1.07. The number of rotatable bonds is 1. The summed E-state index contributed by atoms with van der Waals surface area (Å²) in [7, 11) is 0. The normalized spacial score (nSPS) is 28.2. The van der Waals surface area contributed by atoms with E-state index >= 15 is 0 Å². The van der Waals surface area contributed by atoms with Crippen molar-refractivity contribution in [3.8, 4) is 0 Å². The maximum absolute atomic E-state index is 12.7. The van der Waals surface area contributed by atoms with E-state index in [0.29, 0.717) is 0 Å². The Morgan fingerprint density at radius 3 is 1.20 bits per heavy atom. The highest BCUT2D eigenvalue weighted by molar-refractivity contribution is 9.10. The van der Waals surface area contributed by atoms with Gasteiger partial charge in [-0.2, -0.15) is 48.3 Å². The minimum atomic E-state index is -6.70. The summed E-state index contributed by atoms with van der Waals surface area (Å²) in [6.07, 6.45) is -19.9. The summed E-state index contributed by atoms with van der Waals surface area (Å²) in [5, 5.41) is 0. The number of halogens is 12. The second-order valence-electron chi connectivity index (χ2n) is 3.42. The number of hydrogen-bond acceptors (Lipinski definition) is 2. The number of alkyl halides is 12. The van der Waals surface area contributed by atoms with Crippen molar-refractivity contribution in [3.63, 3.8) is 0 Å². The van der Waals surface area contributed by atoms with Crippen molar-refractivity contribution in [2.24, 2.45) is 0 Å². The molecule has 0 atom stereocenters. The smallest absolute Gasteiger partial charge is 0.267 e. The van der Waals surface area contributed by atoms with Gasteiger partial charge in [-0.1, -0.05) is 0 Å². The van der Waals surface area contributed by atoms with Crippen LogP contribution in [-0.2, 0) is 9.47 Å². The maximum Gasteiger partial charge on any atom is 0.451 e. The summed E-state index contributed by atoms with van der Waals surface area (Å²) in [5.74, 6) is -12.6. The Bertz CT molecular complexity index is 361. The first-order chi connectivity index (χ1) is 8.41. The van der Waals surface area contributed by atoms with E-state index < -0.39 is 34.9 Å². The molecule has 0 aromatic rings. The summed E-state index contributed by atoms with van der Waals surface area (Å²) in [6.45, 7) is 0. The quantitative estimate of drug-likeness (QED) is 0.494. The predicted octanol–water partition coefficient (Wildman–Crippen LogP) is 4.10. The molecule has 1 aliphatic heterocycles. The van der Waals surface area contributed by atoms with Gasteiger partial charge in [0.25, 0.3) is 0 Å². The van der Waals surface area contributed by atoms with Crippen molar-refractivity contribution in [1.29, 1.82) is 0 Å². The van der Waals surface area contributed by atoms with Gasteiger partial charge in [-0.3, -0.25) is 9.47 Å². The number of hydrogen-bond donors (Lipinski definition) is 0. The van der Waals surface area contributed by atoms with Crippen molar-refractivity contribution < 1.29 is 57.8 Å². The van der Waals surface area contributed by atoms with Gasteiger partial charge in [-0.05, 0) is 15.9 Å². The molecular weight excluding hydrogens is 393 g/mol. The van der Waals surface area contributed by atoms with E-state index in [0.717, 1.165) is 15.9 Å². The van der Waals surface area contributed by atoms with Crippen molar-refractivity contribution in [2.75, 3.05) is 0 Å². The largest absolute Gasteiger partial charge is 0.451 e. The average molecular weight is 393 g/mol. The fourth-order valence-corrected chi connectivity index (χ4v) is 1.46. The van der Waals surface area contributed by atoms with Crippen molar-refractivity contribution in [1.82, 2.24) is 0 Å². The molecule has 0 saturated carbocycles. The first-order valence-corrected chi connectivity index (χ1v) is 4.88. The van der Waals surface area contributed by atoms with Gasteiger partial charge in [0.05, 0.1) is 0 Å². The Labute approximate surface area is 109 Å². The van der Waals surface area contributed by atoms with Gasteiger partial charge >= 0.3 is 34.9 Å². The maximum atomic E-state index is 12.7. The molecule has 0 aromatic heterocycles. The van der Waals surface area contributed by atoms with Crippen molar-refractivity contribution >= 4 is 15.9 Å². The molecule has 0 bridgehead atoms. The van der Waals surface area contributed by atoms with Crippen LogP contribution >= 0.6 is 15.9 Å². The Kier molecular flexibility index (Phi) is 3.62. The molecule has 1 fully saturated rings. The topological polar surface area (TPSA) is 18.5 Å². The minimum Gasteiger partial charge on any atom is -0.267 e. The first-order valence-electron chi connectivity index (χ1n) is 4.08. The van der Waals surface area contributed by atoms with Crippen LogP contribution in [-0.4, -0.2) is 34.9 Å². The van der Waals surface area contributed by atoms with Crippen LogP contribution in [0.3, 0.4) is 0 Å². The molecule has 1 saturated heterocycles. The third-order valence-electron chi connectivity index (χ3n) is 2.02. The molecular formula is C6BrF11O2. The van der Waals surface area contributed by atoms with E-state index in [9.17, 15) is 48.3 Å². The summed E-state index contributed by atoms with van der Waals surface area (Å²) < 4.78 is 143. The van der Waals surface area contributed by atoms with Gasteiger partial charge in [0.15, 0.2) is 0 Å². The molecule has 20 heavy (non-hydrogen) atoms. The molecule has 1 aliphatic rings. The third kappa shape index (κ3) is 2.15. The summed E-state index contributed by atoms with van der Waals surface area (Å²) in [4.78, 5) is -5.72. The van der Waals surface area contributed by atoms with Gasteiger partial charge in [0, 0.05) is 0 Å². The van der Waals surface area contributed by atoms with Crippen LogP contribution in [0.25, 0.3) is 0 Å². The van der Waals surface area contributed by atoms with E-state index in [1.54, 1.807) is 0 Å². The molecule has 0 unspecified atom stereocenters. The second-order valence-corrected chi connectivity index (χ2v) is 4.42. The molecule has 1 heterocycles. The van der Waals surface area contributed by atoms with E-state index in [4.69, 9.17) is 0 Å². The minimum absolute atomic E-state index is 0.859. The van der Waals surface area contributed by atoms with Crippen LogP contribution < -0.4 is 0 Å².